The molecule has 3 N–H and O–H groups in total. The number of nitrogens with one attached hydrogen (secondary N) is 1. The zero-order valence-corrected chi connectivity index (χ0v) is 15.7. The monoisotopic (exact) mass is 378 g/mol. The summed E-state index contributed by atoms with van der Waals surface area (Å²) in [5, 5.41) is 9.71. The normalized spacial score (nSPS) is 11.1. The Morgan fingerprint density at radius 2 is 1.64 bits per heavy atom. The average Bonchev–Trinajstić information content (AvgIpc) is 2.61. The van der Waals surface area contributed by atoms with Crippen LogP contribution in [0.15, 0.2) is 60.7 Å². The number of halogens is 1. The maximum atomic E-state index is 12.1. The maximum absolute atomic E-state index is 12.1. The minimum Gasteiger partial charge on any atom is -1.00 e. The highest BCUT2D eigenvalue weighted by Gasteiger charge is 2.23. The van der Waals surface area contributed by atoms with Gasteiger partial charge in [-0.1, -0.05) is 79.3 Å². The van der Waals surface area contributed by atoms with Crippen LogP contribution in [0.1, 0.15) is 18.1 Å². The zero-order chi connectivity index (χ0) is 17.2. The largest absolute Gasteiger partial charge is 1.00 e. The maximum Gasteiger partial charge on any atom is 0.408 e. The summed E-state index contributed by atoms with van der Waals surface area (Å²) < 4.78 is 5.30. The molecule has 1 amide bonds. The van der Waals surface area contributed by atoms with E-state index in [1.165, 1.54) is 11.8 Å². The molecule has 0 bridgehead atoms. The summed E-state index contributed by atoms with van der Waals surface area (Å²) in [4.78, 5) is 12.1. The number of hydrogen-bond donors (Lipinski definition) is 2. The molecule has 0 fully saturated rings. The fourth-order valence-electron chi connectivity index (χ4n) is 2.25. The van der Waals surface area contributed by atoms with Gasteiger partial charge in [0.1, 0.15) is 12.6 Å². The smallest absolute Gasteiger partial charge is 0.408 e. The molecule has 4 nitrogen and oxygen atoms in total. The van der Waals surface area contributed by atoms with Gasteiger partial charge in [0.25, 0.3) is 0 Å². The molecule has 0 aliphatic heterocycles. The van der Waals surface area contributed by atoms with E-state index in [2.05, 4.69) is 5.32 Å². The summed E-state index contributed by atoms with van der Waals surface area (Å²) >= 11 is 1.54. The summed E-state index contributed by atoms with van der Waals surface area (Å²) in [6, 6.07) is 19.3. The Bertz CT molecular complexity index is 653. The quantitative estimate of drug-likeness (QED) is 0.501. The van der Waals surface area contributed by atoms with Gasteiger partial charge in [-0.05, 0) is 11.1 Å². The molecule has 2 rings (SSSR count). The molecule has 0 radical (unpaired) electrons. The molecule has 6 heteroatoms. The first kappa shape index (κ1) is 21.1. The molecule has 0 spiro atoms. The van der Waals surface area contributed by atoms with Gasteiger partial charge in [0.05, 0.1) is 0 Å². The summed E-state index contributed by atoms with van der Waals surface area (Å²) in [5.41, 5.74) is 2.07. The lowest BCUT2D eigenvalue weighted by atomic mass is 10.1. The lowest BCUT2D eigenvalue weighted by molar-refractivity contribution is -0.112. The van der Waals surface area contributed by atoms with Crippen molar-refractivity contribution in [3.63, 3.8) is 0 Å². The van der Waals surface area contributed by atoms with Crippen molar-refractivity contribution in [3.8, 4) is 0 Å². The number of hydrogen-bond acceptors (Lipinski definition) is 3. The van der Waals surface area contributed by atoms with Gasteiger partial charge < -0.3 is 22.5 Å². The van der Waals surface area contributed by atoms with Crippen molar-refractivity contribution in [1.82, 2.24) is 5.32 Å². The van der Waals surface area contributed by atoms with E-state index in [1.54, 1.807) is 0 Å². The second-order valence-electron chi connectivity index (χ2n) is 5.28. The van der Waals surface area contributed by atoms with Crippen LogP contribution in [0.5, 0.6) is 0 Å². The fraction of sp³-hybridized carbons (Fsp3) is 0.263. The standard InChI is InChI=1S/C19H22N2O2S.ClH/c1-2-24-18(20)17(13-15-9-5-3-6-10-15)21-19(22)23-14-16-11-7-4-8-12-16;/h3-12,17,20H,2,13-14H2,1H3,(H,21,22);1H. The molecule has 0 aromatic heterocycles. The highest BCUT2D eigenvalue weighted by atomic mass is 35.5. The van der Waals surface area contributed by atoms with Crippen molar-refractivity contribution in [2.45, 2.75) is 26.0 Å². The average molecular weight is 379 g/mol. The predicted molar refractivity (Wildman–Crippen MR) is 98.8 cm³/mol. The van der Waals surface area contributed by atoms with Crippen LogP contribution >= 0.6 is 11.8 Å². The van der Waals surface area contributed by atoms with Crippen molar-refractivity contribution >= 4 is 22.9 Å². The molecule has 2 aromatic rings. The van der Waals surface area contributed by atoms with Crippen LogP contribution in [0.3, 0.4) is 0 Å². The first-order valence-corrected chi connectivity index (χ1v) is 8.94. The molecule has 0 saturated carbocycles. The Balaban J connectivity index is 0.00000312. The molecule has 1 unspecified atom stereocenters. The topological polar surface area (TPSA) is 63.9 Å². The molecule has 0 aliphatic carbocycles. The Morgan fingerprint density at radius 3 is 2.20 bits per heavy atom. The van der Waals surface area contributed by atoms with Gasteiger partial charge in [0, 0.05) is 12.2 Å². The summed E-state index contributed by atoms with van der Waals surface area (Å²) in [7, 11) is 0. The molecule has 0 aliphatic rings. The molecule has 1 atom stereocenters. The van der Waals surface area contributed by atoms with E-state index in [9.17, 15) is 4.79 Å². The summed E-state index contributed by atoms with van der Waals surface area (Å²) in [6.07, 6.45) is 0.180. The van der Waals surface area contributed by atoms with Crippen molar-refractivity contribution in [3.05, 3.63) is 71.8 Å². The van der Waals surface area contributed by atoms with Crippen LogP contribution < -0.4 is 23.1 Å². The second kappa shape index (κ2) is 11.6. The van der Waals surface area contributed by atoms with Crippen LogP contribution in [0.2, 0.25) is 0 Å². The Labute approximate surface area is 159 Å². The lowest BCUT2D eigenvalue weighted by Crippen LogP contribution is -3.00. The summed E-state index contributed by atoms with van der Waals surface area (Å²) in [6.45, 7) is 2.27. The Morgan fingerprint density at radius 1 is 1.08 bits per heavy atom. The number of nitrogens with two attached hydrogens (primary N) is 1. The molecule has 2 aromatic carbocycles. The second-order valence-corrected chi connectivity index (χ2v) is 6.62. The first-order chi connectivity index (χ1) is 11.7. The number of carbonyl (C=O) groups excluding carboxylic acids is 1. The van der Waals surface area contributed by atoms with Crippen LogP contribution in [-0.2, 0) is 17.8 Å². The lowest BCUT2D eigenvalue weighted by Gasteiger charge is -2.16. The number of alkyl carbamates (subject to hydrolysis) is 1. The van der Waals surface area contributed by atoms with Gasteiger partial charge in [-0.25, -0.2) is 4.79 Å². The number of thioether (sulfide) groups is 1. The van der Waals surface area contributed by atoms with Crippen LogP contribution in [0, 0.1) is 0 Å². The SMILES string of the molecule is CCSC(=[NH2+])C(Cc1ccccc1)NC(=O)OCc1ccccc1.[Cl-]. The van der Waals surface area contributed by atoms with E-state index in [4.69, 9.17) is 10.1 Å². The third-order valence-electron chi connectivity index (χ3n) is 3.44. The number of carbonyl (C=O) groups is 1. The van der Waals surface area contributed by atoms with Crippen LogP contribution in [-0.4, -0.2) is 22.9 Å². The van der Waals surface area contributed by atoms with Gasteiger partial charge in [-0.15, -0.1) is 0 Å². The highest BCUT2D eigenvalue weighted by Crippen LogP contribution is 2.10. The van der Waals surface area contributed by atoms with Crippen molar-refractivity contribution in [1.29, 1.82) is 0 Å². The molecule has 0 heterocycles. The van der Waals surface area contributed by atoms with E-state index in [1.807, 2.05) is 67.6 Å². The first-order valence-electron chi connectivity index (χ1n) is 7.95. The van der Waals surface area contributed by atoms with Crippen LogP contribution in [0.25, 0.3) is 0 Å². The van der Waals surface area contributed by atoms with Crippen molar-refractivity contribution < 1.29 is 27.3 Å². The van der Waals surface area contributed by atoms with Gasteiger partial charge in [0.2, 0.25) is 5.04 Å². The Hall–Kier alpha value is -1.98. The van der Waals surface area contributed by atoms with E-state index >= 15 is 0 Å². The third kappa shape index (κ3) is 7.63. The predicted octanol–water partition coefficient (Wildman–Crippen LogP) is -0.561. The van der Waals surface area contributed by atoms with E-state index in [-0.39, 0.29) is 25.1 Å². The van der Waals surface area contributed by atoms with Crippen molar-refractivity contribution in [2.75, 3.05) is 5.75 Å². The molecular weight excluding hydrogens is 356 g/mol. The molecule has 25 heavy (non-hydrogen) atoms. The van der Waals surface area contributed by atoms with E-state index in [0.717, 1.165) is 16.9 Å². The molecule has 134 valence electrons. The highest BCUT2D eigenvalue weighted by molar-refractivity contribution is 8.13. The number of amides is 1. The van der Waals surface area contributed by atoms with Gasteiger partial charge in [0.15, 0.2) is 0 Å². The number of ether oxygens (including phenoxy) is 1. The van der Waals surface area contributed by atoms with Gasteiger partial charge in [-0.3, -0.25) is 5.41 Å². The number of rotatable bonds is 7. The van der Waals surface area contributed by atoms with Gasteiger partial charge >= 0.3 is 6.09 Å². The summed E-state index contributed by atoms with van der Waals surface area (Å²) in [5.74, 6) is 0.859. The van der Waals surface area contributed by atoms with Crippen LogP contribution in [0.4, 0.5) is 4.79 Å². The Kier molecular flexibility index (Phi) is 9.73. The minimum atomic E-state index is -0.459. The number of benzene rings is 2. The van der Waals surface area contributed by atoms with Crippen molar-refractivity contribution in [2.24, 2.45) is 0 Å². The van der Waals surface area contributed by atoms with Gasteiger partial charge in [-0.2, -0.15) is 0 Å². The third-order valence-corrected chi connectivity index (χ3v) is 4.35. The minimum absolute atomic E-state index is 0. The molecule has 0 saturated heterocycles. The van der Waals surface area contributed by atoms with E-state index in [0.29, 0.717) is 11.5 Å². The van der Waals surface area contributed by atoms with E-state index < -0.39 is 6.09 Å². The molecular formula is C19H23ClN2O2S. The fourth-order valence-corrected chi connectivity index (χ4v) is 2.92. The zero-order valence-electron chi connectivity index (χ0n) is 14.2.